The van der Waals surface area contributed by atoms with Gasteiger partial charge in [0.25, 0.3) is 5.91 Å². The molecule has 1 aliphatic heterocycles. The van der Waals surface area contributed by atoms with E-state index < -0.39 is 0 Å². The minimum Gasteiger partial charge on any atom is -0.343 e. The number of carbonyl (C=O) groups is 2. The molecule has 0 aliphatic carbocycles. The first kappa shape index (κ1) is 19.4. The van der Waals surface area contributed by atoms with Crippen molar-refractivity contribution in [2.45, 2.75) is 6.54 Å². The van der Waals surface area contributed by atoms with Crippen LogP contribution in [-0.2, 0) is 11.3 Å². The molecule has 1 aromatic carbocycles. The van der Waals surface area contributed by atoms with Crippen molar-refractivity contribution in [1.29, 1.82) is 0 Å². The van der Waals surface area contributed by atoms with E-state index in [1.807, 2.05) is 0 Å². The van der Waals surface area contributed by atoms with Crippen LogP contribution in [0, 0.1) is 0 Å². The van der Waals surface area contributed by atoms with Crippen LogP contribution in [0.15, 0.2) is 40.2 Å². The third kappa shape index (κ3) is 5.30. The molecule has 1 aliphatic rings. The molecule has 138 valence electrons. The van der Waals surface area contributed by atoms with Gasteiger partial charge in [0, 0.05) is 48.2 Å². The van der Waals surface area contributed by atoms with Gasteiger partial charge >= 0.3 is 0 Å². The summed E-state index contributed by atoms with van der Waals surface area (Å²) in [6.07, 6.45) is 0. The number of carbonyl (C=O) groups excluding carboxylic acids is 2. The first-order chi connectivity index (χ1) is 12.5. The standard InChI is InChI=1S/C18H19BrClN3O2S/c19-16-5-4-15(26-16)12-22-6-8-23(9-7-22)17(24)11-21-18(25)13-2-1-3-14(20)10-13/h1-5,10H,6-9,11-12H2,(H,21,25). The van der Waals surface area contributed by atoms with E-state index in [-0.39, 0.29) is 18.4 Å². The second-order valence-corrected chi connectivity index (χ2v) is 9.04. The minimum absolute atomic E-state index is 0.00319. The topological polar surface area (TPSA) is 52.7 Å². The quantitative estimate of drug-likeness (QED) is 0.751. The predicted molar refractivity (Wildman–Crippen MR) is 108 cm³/mol. The van der Waals surface area contributed by atoms with Crippen LogP contribution in [0.25, 0.3) is 0 Å². The average Bonchev–Trinajstić information content (AvgIpc) is 3.04. The van der Waals surface area contributed by atoms with Crippen molar-refractivity contribution in [3.63, 3.8) is 0 Å². The molecule has 1 fully saturated rings. The largest absolute Gasteiger partial charge is 0.343 e. The van der Waals surface area contributed by atoms with Crippen LogP contribution in [0.3, 0.4) is 0 Å². The molecule has 0 saturated carbocycles. The second-order valence-electron chi connectivity index (χ2n) is 6.06. The molecule has 2 amide bonds. The molecule has 0 unspecified atom stereocenters. The van der Waals surface area contributed by atoms with Crippen molar-refractivity contribution in [2.75, 3.05) is 32.7 Å². The van der Waals surface area contributed by atoms with Crippen LogP contribution in [0.4, 0.5) is 0 Å². The Bertz CT molecular complexity index is 790. The van der Waals surface area contributed by atoms with Crippen LogP contribution < -0.4 is 5.32 Å². The molecule has 2 heterocycles. The summed E-state index contributed by atoms with van der Waals surface area (Å²) in [4.78, 5) is 29.9. The van der Waals surface area contributed by atoms with Crippen molar-refractivity contribution in [3.8, 4) is 0 Å². The number of benzene rings is 1. The van der Waals surface area contributed by atoms with Crippen LogP contribution in [-0.4, -0.2) is 54.3 Å². The zero-order chi connectivity index (χ0) is 18.5. The number of rotatable bonds is 5. The van der Waals surface area contributed by atoms with E-state index in [9.17, 15) is 9.59 Å². The van der Waals surface area contributed by atoms with Crippen LogP contribution in [0.5, 0.6) is 0 Å². The molecule has 8 heteroatoms. The summed E-state index contributed by atoms with van der Waals surface area (Å²) in [7, 11) is 0. The number of amides is 2. The van der Waals surface area contributed by atoms with Crippen molar-refractivity contribution in [1.82, 2.24) is 15.1 Å². The first-order valence-corrected chi connectivity index (χ1v) is 10.3. The highest BCUT2D eigenvalue weighted by molar-refractivity contribution is 9.11. The van der Waals surface area contributed by atoms with Crippen molar-refractivity contribution < 1.29 is 9.59 Å². The van der Waals surface area contributed by atoms with Gasteiger partial charge in [-0.2, -0.15) is 0 Å². The lowest BCUT2D eigenvalue weighted by Gasteiger charge is -2.34. The Kier molecular flexibility index (Phi) is 6.69. The molecular formula is C18H19BrClN3O2S. The average molecular weight is 457 g/mol. The van der Waals surface area contributed by atoms with Crippen molar-refractivity contribution in [2.24, 2.45) is 0 Å². The van der Waals surface area contributed by atoms with Gasteiger partial charge < -0.3 is 10.2 Å². The summed E-state index contributed by atoms with van der Waals surface area (Å²) < 4.78 is 1.14. The molecule has 0 atom stereocenters. The number of nitrogens with zero attached hydrogens (tertiary/aromatic N) is 2. The highest BCUT2D eigenvalue weighted by Crippen LogP contribution is 2.23. The van der Waals surface area contributed by atoms with Gasteiger partial charge in [-0.1, -0.05) is 17.7 Å². The first-order valence-electron chi connectivity index (χ1n) is 8.29. The number of thiophene rings is 1. The summed E-state index contributed by atoms with van der Waals surface area (Å²) in [6.45, 7) is 3.94. The summed E-state index contributed by atoms with van der Waals surface area (Å²) >= 11 is 11.1. The fourth-order valence-corrected chi connectivity index (χ4v) is 4.53. The van der Waals surface area contributed by atoms with Gasteiger partial charge in [-0.25, -0.2) is 0 Å². The SMILES string of the molecule is O=C(NCC(=O)N1CCN(Cc2ccc(Br)s2)CC1)c1cccc(Cl)c1. The normalized spacial score (nSPS) is 15.1. The lowest BCUT2D eigenvalue weighted by Crippen LogP contribution is -2.50. The second kappa shape index (κ2) is 8.99. The fraction of sp³-hybridized carbons (Fsp3) is 0.333. The third-order valence-electron chi connectivity index (χ3n) is 4.22. The van der Waals surface area contributed by atoms with Gasteiger partial charge in [0.2, 0.25) is 5.91 Å². The number of hydrogen-bond donors (Lipinski definition) is 1. The van der Waals surface area contributed by atoms with Crippen LogP contribution in [0.1, 0.15) is 15.2 Å². The van der Waals surface area contributed by atoms with E-state index in [1.165, 1.54) is 4.88 Å². The van der Waals surface area contributed by atoms with E-state index >= 15 is 0 Å². The molecule has 1 aromatic heterocycles. The molecule has 26 heavy (non-hydrogen) atoms. The molecule has 3 rings (SSSR count). The van der Waals surface area contributed by atoms with Crippen molar-refractivity contribution >= 4 is 50.7 Å². The van der Waals surface area contributed by atoms with Gasteiger partial charge in [-0.3, -0.25) is 14.5 Å². The maximum Gasteiger partial charge on any atom is 0.251 e. The Morgan fingerprint density at radius 2 is 1.92 bits per heavy atom. The van der Waals surface area contributed by atoms with E-state index in [0.717, 1.165) is 23.4 Å². The Morgan fingerprint density at radius 3 is 2.58 bits per heavy atom. The molecule has 1 N–H and O–H groups in total. The third-order valence-corrected chi connectivity index (χ3v) is 6.06. The van der Waals surface area contributed by atoms with Crippen molar-refractivity contribution in [3.05, 3.63) is 55.6 Å². The van der Waals surface area contributed by atoms with Gasteiger partial charge in [-0.15, -0.1) is 11.3 Å². The monoisotopic (exact) mass is 455 g/mol. The van der Waals surface area contributed by atoms with Gasteiger partial charge in [-0.05, 0) is 46.3 Å². The zero-order valence-corrected chi connectivity index (χ0v) is 17.2. The molecule has 1 saturated heterocycles. The maximum atomic E-state index is 12.3. The van der Waals surface area contributed by atoms with Crippen LogP contribution >= 0.6 is 38.9 Å². The molecule has 0 radical (unpaired) electrons. The molecule has 0 spiro atoms. The lowest BCUT2D eigenvalue weighted by molar-refractivity contribution is -0.131. The van der Waals surface area contributed by atoms with E-state index in [1.54, 1.807) is 40.5 Å². The lowest BCUT2D eigenvalue weighted by atomic mass is 10.2. The molecule has 5 nitrogen and oxygen atoms in total. The minimum atomic E-state index is -0.289. The predicted octanol–water partition coefficient (Wildman–Crippen LogP) is 3.24. The van der Waals surface area contributed by atoms with Gasteiger partial charge in [0.15, 0.2) is 0 Å². The van der Waals surface area contributed by atoms with Crippen LogP contribution in [0.2, 0.25) is 5.02 Å². The Balaban J connectivity index is 1.42. The number of nitrogens with one attached hydrogen (secondary N) is 1. The smallest absolute Gasteiger partial charge is 0.251 e. The maximum absolute atomic E-state index is 12.3. The van der Waals surface area contributed by atoms with Gasteiger partial charge in [0.1, 0.15) is 0 Å². The Labute approximate surface area is 170 Å². The van der Waals surface area contributed by atoms with E-state index in [4.69, 9.17) is 11.6 Å². The summed E-state index contributed by atoms with van der Waals surface area (Å²) in [6, 6.07) is 10.9. The Morgan fingerprint density at radius 1 is 1.15 bits per heavy atom. The molecule has 2 aromatic rings. The number of hydrogen-bond acceptors (Lipinski definition) is 4. The number of piperazine rings is 1. The number of halogens is 2. The molecule has 0 bridgehead atoms. The van der Waals surface area contributed by atoms with E-state index in [2.05, 4.69) is 38.3 Å². The van der Waals surface area contributed by atoms with Gasteiger partial charge in [0.05, 0.1) is 10.3 Å². The molecular weight excluding hydrogens is 438 g/mol. The summed E-state index contributed by atoms with van der Waals surface area (Å²) in [5.74, 6) is -0.346. The summed E-state index contributed by atoms with van der Waals surface area (Å²) in [5.41, 5.74) is 0.456. The fourth-order valence-electron chi connectivity index (χ4n) is 2.81. The summed E-state index contributed by atoms with van der Waals surface area (Å²) in [5, 5.41) is 3.17. The zero-order valence-electron chi connectivity index (χ0n) is 14.1. The van der Waals surface area contributed by atoms with E-state index in [0.29, 0.717) is 23.7 Å². The highest BCUT2D eigenvalue weighted by Gasteiger charge is 2.21. The Hall–Kier alpha value is -1.41. The highest BCUT2D eigenvalue weighted by atomic mass is 79.9.